The van der Waals surface area contributed by atoms with Gasteiger partial charge in [-0.2, -0.15) is 5.26 Å². The van der Waals surface area contributed by atoms with Crippen LogP contribution >= 0.6 is 11.8 Å². The maximum atomic E-state index is 12.8. The number of aromatic amines is 1. The average Bonchev–Trinajstić information content (AvgIpc) is 3.47. The molecule has 1 aliphatic carbocycles. The summed E-state index contributed by atoms with van der Waals surface area (Å²) in [4.78, 5) is 16.1. The summed E-state index contributed by atoms with van der Waals surface area (Å²) in [6.07, 6.45) is 6.43. The van der Waals surface area contributed by atoms with Gasteiger partial charge in [0.15, 0.2) is 11.0 Å². The molecule has 0 radical (unpaired) electrons. The number of H-pyrrole nitrogens is 1. The summed E-state index contributed by atoms with van der Waals surface area (Å²) < 4.78 is 2.02. The lowest BCUT2D eigenvalue weighted by atomic mass is 9.83. The van der Waals surface area contributed by atoms with E-state index in [9.17, 15) is 10.1 Å². The number of rotatable bonds is 6. The quantitative estimate of drug-likeness (QED) is 0.379. The number of fused-ring (bicyclic) bond motifs is 1. The summed E-state index contributed by atoms with van der Waals surface area (Å²) in [6, 6.07) is 18.5. The first-order valence-electron chi connectivity index (χ1n) is 11.5. The molecule has 2 aromatic carbocycles. The van der Waals surface area contributed by atoms with Gasteiger partial charge in [-0.15, -0.1) is 10.2 Å². The van der Waals surface area contributed by atoms with Crippen molar-refractivity contribution in [2.24, 2.45) is 0 Å². The molecular weight excluding hydrogens is 444 g/mol. The topological polar surface area (TPSA) is 99.4 Å². The van der Waals surface area contributed by atoms with Crippen LogP contribution < -0.4 is 5.32 Å². The lowest BCUT2D eigenvalue weighted by Gasteiger charge is -2.31. The Morgan fingerprint density at radius 3 is 2.71 bits per heavy atom. The van der Waals surface area contributed by atoms with Gasteiger partial charge in [0.05, 0.1) is 17.5 Å². The van der Waals surface area contributed by atoms with Crippen LogP contribution in [-0.2, 0) is 4.79 Å². The van der Waals surface area contributed by atoms with E-state index in [1.54, 1.807) is 0 Å². The van der Waals surface area contributed by atoms with Crippen LogP contribution in [0, 0.1) is 18.3 Å². The summed E-state index contributed by atoms with van der Waals surface area (Å²) in [7, 11) is 0. The summed E-state index contributed by atoms with van der Waals surface area (Å²) >= 11 is 1.34. The molecule has 172 valence electrons. The lowest BCUT2D eigenvalue weighted by molar-refractivity contribution is -0.120. The van der Waals surface area contributed by atoms with E-state index >= 15 is 0 Å². The van der Waals surface area contributed by atoms with E-state index in [2.05, 4.69) is 45.6 Å². The minimum absolute atomic E-state index is 0.151. The van der Waals surface area contributed by atoms with Crippen molar-refractivity contribution < 1.29 is 4.79 Å². The fourth-order valence-electron chi connectivity index (χ4n) is 4.68. The van der Waals surface area contributed by atoms with Crippen molar-refractivity contribution in [1.29, 1.82) is 5.26 Å². The SMILES string of the molecule is Cc1ccccc1-n1c(SCC(=O)NC2(C#N)CCCCC2)nnc1-c1c[nH]c2ccccc12. The molecule has 1 saturated carbocycles. The summed E-state index contributed by atoms with van der Waals surface area (Å²) in [5.74, 6) is 0.735. The standard InChI is InChI=1S/C26H26N6OS/c1-18-9-3-6-12-22(18)32-24(20-15-28-21-11-5-4-10-19(20)21)30-31-25(32)34-16-23(33)29-26(17-27)13-7-2-8-14-26/h3-6,9-12,15,28H,2,7-8,13-14,16H2,1H3,(H,29,33). The Balaban J connectivity index is 1.47. The van der Waals surface area contributed by atoms with Crippen LogP contribution in [0.2, 0.25) is 0 Å². The predicted octanol–water partition coefficient (Wildman–Crippen LogP) is 5.16. The Labute approximate surface area is 202 Å². The highest BCUT2D eigenvalue weighted by Crippen LogP contribution is 2.33. The molecule has 0 saturated heterocycles. The molecule has 0 aliphatic heterocycles. The van der Waals surface area contributed by atoms with Gasteiger partial charge < -0.3 is 10.3 Å². The molecule has 2 aromatic heterocycles. The van der Waals surface area contributed by atoms with Gasteiger partial charge >= 0.3 is 0 Å². The van der Waals surface area contributed by atoms with Crippen molar-refractivity contribution in [3.05, 3.63) is 60.3 Å². The minimum atomic E-state index is -0.741. The first-order chi connectivity index (χ1) is 16.6. The zero-order chi connectivity index (χ0) is 23.5. The molecule has 2 heterocycles. The molecule has 4 aromatic rings. The van der Waals surface area contributed by atoms with Crippen LogP contribution in [0.15, 0.2) is 59.9 Å². The lowest BCUT2D eigenvalue weighted by Crippen LogP contribution is -2.49. The number of hydrogen-bond acceptors (Lipinski definition) is 5. The van der Waals surface area contributed by atoms with Crippen LogP contribution in [0.1, 0.15) is 37.7 Å². The van der Waals surface area contributed by atoms with Crippen molar-refractivity contribution in [2.75, 3.05) is 5.75 Å². The van der Waals surface area contributed by atoms with Crippen molar-refractivity contribution in [2.45, 2.75) is 49.7 Å². The third-order valence-electron chi connectivity index (χ3n) is 6.45. The number of thioether (sulfide) groups is 1. The minimum Gasteiger partial charge on any atom is -0.360 e. The molecule has 1 amide bonds. The molecule has 7 nitrogen and oxygen atoms in total. The number of nitriles is 1. The smallest absolute Gasteiger partial charge is 0.231 e. The van der Waals surface area contributed by atoms with E-state index in [1.165, 1.54) is 11.8 Å². The second-order valence-electron chi connectivity index (χ2n) is 8.77. The Bertz CT molecular complexity index is 1380. The van der Waals surface area contributed by atoms with E-state index in [1.807, 2.05) is 47.2 Å². The molecule has 5 rings (SSSR count). The molecule has 0 unspecified atom stereocenters. The third-order valence-corrected chi connectivity index (χ3v) is 7.38. The van der Waals surface area contributed by atoms with E-state index in [0.29, 0.717) is 18.0 Å². The summed E-state index contributed by atoms with van der Waals surface area (Å²) in [5.41, 5.74) is 3.29. The zero-order valence-electron chi connectivity index (χ0n) is 19.0. The molecular formula is C26H26N6OS. The van der Waals surface area contributed by atoms with Gasteiger partial charge in [0, 0.05) is 22.7 Å². The molecule has 8 heteroatoms. The molecule has 34 heavy (non-hydrogen) atoms. The van der Waals surface area contributed by atoms with Crippen LogP contribution in [0.4, 0.5) is 0 Å². The maximum Gasteiger partial charge on any atom is 0.231 e. The fraction of sp³-hybridized carbons (Fsp3) is 0.308. The van der Waals surface area contributed by atoms with Crippen molar-refractivity contribution in [3.8, 4) is 23.1 Å². The molecule has 1 fully saturated rings. The summed E-state index contributed by atoms with van der Waals surface area (Å²) in [5, 5.41) is 23.4. The predicted molar refractivity (Wildman–Crippen MR) is 134 cm³/mol. The van der Waals surface area contributed by atoms with Crippen molar-refractivity contribution in [3.63, 3.8) is 0 Å². The van der Waals surface area contributed by atoms with Gasteiger partial charge in [0.1, 0.15) is 5.54 Å². The third kappa shape index (κ3) is 4.19. The van der Waals surface area contributed by atoms with Crippen LogP contribution in [-0.4, -0.2) is 36.9 Å². The van der Waals surface area contributed by atoms with Gasteiger partial charge in [-0.1, -0.05) is 67.4 Å². The van der Waals surface area contributed by atoms with E-state index in [0.717, 1.165) is 52.8 Å². The van der Waals surface area contributed by atoms with Gasteiger partial charge in [-0.25, -0.2) is 0 Å². The number of para-hydroxylation sites is 2. The van der Waals surface area contributed by atoms with E-state index < -0.39 is 5.54 Å². The van der Waals surface area contributed by atoms with Gasteiger partial charge in [0.25, 0.3) is 0 Å². The largest absolute Gasteiger partial charge is 0.360 e. The normalized spacial score (nSPS) is 15.2. The Hall–Kier alpha value is -3.57. The highest BCUT2D eigenvalue weighted by Gasteiger charge is 2.33. The Kier molecular flexibility index (Phi) is 6.12. The number of hydrogen-bond donors (Lipinski definition) is 2. The summed E-state index contributed by atoms with van der Waals surface area (Å²) in [6.45, 7) is 2.05. The Morgan fingerprint density at radius 2 is 1.91 bits per heavy atom. The van der Waals surface area contributed by atoms with Crippen LogP contribution in [0.3, 0.4) is 0 Å². The average molecular weight is 471 g/mol. The molecule has 0 atom stereocenters. The number of amides is 1. The first-order valence-corrected chi connectivity index (χ1v) is 12.5. The van der Waals surface area contributed by atoms with E-state index in [-0.39, 0.29) is 11.7 Å². The fourth-order valence-corrected chi connectivity index (χ4v) is 5.42. The second-order valence-corrected chi connectivity index (χ2v) is 9.71. The molecule has 2 N–H and O–H groups in total. The number of aromatic nitrogens is 4. The molecule has 0 bridgehead atoms. The maximum absolute atomic E-state index is 12.8. The monoisotopic (exact) mass is 470 g/mol. The number of nitrogens with zero attached hydrogens (tertiary/aromatic N) is 4. The van der Waals surface area contributed by atoms with Crippen LogP contribution in [0.25, 0.3) is 28.0 Å². The van der Waals surface area contributed by atoms with Crippen molar-refractivity contribution >= 4 is 28.6 Å². The highest BCUT2D eigenvalue weighted by molar-refractivity contribution is 7.99. The molecule has 1 aliphatic rings. The number of benzene rings is 2. The second kappa shape index (κ2) is 9.35. The van der Waals surface area contributed by atoms with Gasteiger partial charge in [-0.05, 0) is 37.5 Å². The van der Waals surface area contributed by atoms with Gasteiger partial charge in [0.2, 0.25) is 5.91 Å². The number of nitrogens with one attached hydrogen (secondary N) is 2. The Morgan fingerprint density at radius 1 is 1.15 bits per heavy atom. The zero-order valence-corrected chi connectivity index (χ0v) is 19.9. The number of aryl methyl sites for hydroxylation is 1. The van der Waals surface area contributed by atoms with E-state index in [4.69, 9.17) is 0 Å². The number of carbonyl (C=O) groups excluding carboxylic acids is 1. The highest BCUT2D eigenvalue weighted by atomic mass is 32.2. The number of carbonyl (C=O) groups is 1. The van der Waals surface area contributed by atoms with Gasteiger partial charge in [-0.3, -0.25) is 9.36 Å². The van der Waals surface area contributed by atoms with Crippen LogP contribution in [0.5, 0.6) is 0 Å². The van der Waals surface area contributed by atoms with Crippen molar-refractivity contribution in [1.82, 2.24) is 25.1 Å². The molecule has 0 spiro atoms. The first kappa shape index (κ1) is 22.2.